The van der Waals surface area contributed by atoms with Gasteiger partial charge in [-0.3, -0.25) is 9.38 Å². The second kappa shape index (κ2) is 4.59. The van der Waals surface area contributed by atoms with E-state index in [4.69, 9.17) is 4.74 Å². The molecule has 0 aliphatic carbocycles. The molecule has 2 heterocycles. The highest BCUT2D eigenvalue weighted by Gasteiger charge is 2.16. The lowest BCUT2D eigenvalue weighted by molar-refractivity contribution is 0.397. The van der Waals surface area contributed by atoms with Gasteiger partial charge in [0.2, 0.25) is 5.88 Å². The van der Waals surface area contributed by atoms with Crippen LogP contribution in [0.2, 0.25) is 0 Å². The third kappa shape index (κ3) is 1.76. The summed E-state index contributed by atoms with van der Waals surface area (Å²) < 4.78 is 7.64. The average Bonchev–Trinajstić information content (AvgIpc) is 2.94. The molecule has 0 aliphatic rings. The van der Waals surface area contributed by atoms with Crippen molar-refractivity contribution in [2.45, 2.75) is 0 Å². The molecule has 0 aliphatic heterocycles. The molecule has 0 amide bonds. The van der Waals surface area contributed by atoms with Gasteiger partial charge in [-0.25, -0.2) is 4.98 Å². The van der Waals surface area contributed by atoms with Crippen molar-refractivity contribution < 1.29 is 4.74 Å². The lowest BCUT2D eigenvalue weighted by atomic mass is 10.2. The first-order valence-corrected chi connectivity index (χ1v) is 6.74. The number of hydrogen-bond acceptors (Lipinski definition) is 3. The van der Waals surface area contributed by atoms with Crippen molar-refractivity contribution in [3.8, 4) is 17.1 Å². The van der Waals surface area contributed by atoms with Crippen molar-refractivity contribution in [2.24, 2.45) is 0 Å². The molecule has 2 aromatic heterocycles. The fourth-order valence-corrected chi connectivity index (χ4v) is 2.60. The number of nitrogens with zero attached hydrogens (tertiary/aromatic N) is 3. The Kier molecular flexibility index (Phi) is 2.60. The molecule has 0 unspecified atom stereocenters. The van der Waals surface area contributed by atoms with E-state index in [0.717, 1.165) is 33.8 Å². The van der Waals surface area contributed by atoms with Crippen LogP contribution in [0.5, 0.6) is 5.88 Å². The van der Waals surface area contributed by atoms with E-state index in [9.17, 15) is 0 Å². The van der Waals surface area contributed by atoms with Crippen molar-refractivity contribution in [3.63, 3.8) is 0 Å². The van der Waals surface area contributed by atoms with Crippen LogP contribution < -0.4 is 4.74 Å². The number of ether oxygens (including phenoxy) is 1. The first-order chi connectivity index (χ1) is 10.4. The quantitative estimate of drug-likeness (QED) is 0.561. The van der Waals surface area contributed by atoms with E-state index in [2.05, 4.69) is 9.97 Å². The van der Waals surface area contributed by atoms with Gasteiger partial charge in [0.1, 0.15) is 5.69 Å². The van der Waals surface area contributed by atoms with Gasteiger partial charge in [-0.15, -0.1) is 0 Å². The summed E-state index contributed by atoms with van der Waals surface area (Å²) in [6.07, 6.45) is 1.78. The van der Waals surface area contributed by atoms with Crippen molar-refractivity contribution in [1.82, 2.24) is 14.4 Å². The lowest BCUT2D eigenvalue weighted by Crippen LogP contribution is -1.94. The van der Waals surface area contributed by atoms with E-state index in [1.165, 1.54) is 0 Å². The maximum atomic E-state index is 5.63. The maximum Gasteiger partial charge on any atom is 0.227 e. The number of aromatic nitrogens is 3. The fraction of sp³-hybridized carbons (Fsp3) is 0.0588. The molecule has 2 aromatic carbocycles. The monoisotopic (exact) mass is 275 g/mol. The molecule has 21 heavy (non-hydrogen) atoms. The van der Waals surface area contributed by atoms with E-state index in [1.807, 2.05) is 59.0 Å². The van der Waals surface area contributed by atoms with Crippen LogP contribution in [-0.4, -0.2) is 21.5 Å². The molecule has 102 valence electrons. The molecule has 0 saturated carbocycles. The van der Waals surface area contributed by atoms with Gasteiger partial charge >= 0.3 is 0 Å². The van der Waals surface area contributed by atoms with Crippen LogP contribution in [0.4, 0.5) is 0 Å². The number of rotatable bonds is 2. The first-order valence-electron chi connectivity index (χ1n) is 6.74. The molecule has 0 atom stereocenters. The third-order valence-electron chi connectivity index (χ3n) is 3.54. The Balaban J connectivity index is 2.13. The summed E-state index contributed by atoms with van der Waals surface area (Å²) in [7, 11) is 1.67. The number of hydrogen-bond donors (Lipinski definition) is 0. The van der Waals surface area contributed by atoms with Crippen molar-refractivity contribution in [3.05, 3.63) is 60.8 Å². The smallest absolute Gasteiger partial charge is 0.227 e. The zero-order chi connectivity index (χ0) is 14.2. The predicted octanol–water partition coefficient (Wildman–Crippen LogP) is 3.56. The van der Waals surface area contributed by atoms with Gasteiger partial charge < -0.3 is 4.74 Å². The fourth-order valence-electron chi connectivity index (χ4n) is 2.60. The number of para-hydroxylation sites is 2. The van der Waals surface area contributed by atoms with Gasteiger partial charge in [0.05, 0.1) is 24.3 Å². The molecule has 4 nitrogen and oxygen atoms in total. The summed E-state index contributed by atoms with van der Waals surface area (Å²) in [6.45, 7) is 0. The number of imidazole rings is 1. The molecule has 4 rings (SSSR count). The zero-order valence-electron chi connectivity index (χ0n) is 11.5. The summed E-state index contributed by atoms with van der Waals surface area (Å²) in [5.41, 5.74) is 4.55. The molecular weight excluding hydrogens is 262 g/mol. The van der Waals surface area contributed by atoms with E-state index in [1.54, 1.807) is 13.3 Å². The minimum Gasteiger partial charge on any atom is -0.480 e. The topological polar surface area (TPSA) is 39.4 Å². The average molecular weight is 275 g/mol. The second-order valence-corrected chi connectivity index (χ2v) is 4.78. The standard InChI is InChI=1S/C17H13N3O/c1-21-17-16(12-7-3-2-4-8-12)19-15-11-18-13-9-5-6-10-14(13)20(15)17/h2-11H,1H3. The summed E-state index contributed by atoms with van der Waals surface area (Å²) >= 11 is 0. The predicted molar refractivity (Wildman–Crippen MR) is 82.5 cm³/mol. The summed E-state index contributed by atoms with van der Waals surface area (Å²) in [5.74, 6) is 0.731. The van der Waals surface area contributed by atoms with E-state index in [0.29, 0.717) is 0 Å². The Morgan fingerprint density at radius 2 is 1.71 bits per heavy atom. The Labute approximate surface area is 121 Å². The summed E-state index contributed by atoms with van der Waals surface area (Å²) in [4.78, 5) is 9.13. The number of methoxy groups -OCH3 is 1. The van der Waals surface area contributed by atoms with Crippen LogP contribution >= 0.6 is 0 Å². The van der Waals surface area contributed by atoms with Gasteiger partial charge in [0.15, 0.2) is 5.65 Å². The van der Waals surface area contributed by atoms with Gasteiger partial charge in [-0.1, -0.05) is 42.5 Å². The van der Waals surface area contributed by atoms with Crippen LogP contribution in [0.15, 0.2) is 60.8 Å². The molecule has 0 N–H and O–H groups in total. The van der Waals surface area contributed by atoms with Gasteiger partial charge in [0.25, 0.3) is 0 Å². The lowest BCUT2D eigenvalue weighted by Gasteiger charge is -2.05. The Morgan fingerprint density at radius 3 is 2.52 bits per heavy atom. The minimum absolute atomic E-state index is 0.731. The van der Waals surface area contributed by atoms with Crippen LogP contribution in [0.3, 0.4) is 0 Å². The van der Waals surface area contributed by atoms with Crippen molar-refractivity contribution in [2.75, 3.05) is 7.11 Å². The zero-order valence-corrected chi connectivity index (χ0v) is 11.5. The van der Waals surface area contributed by atoms with Crippen LogP contribution in [0.1, 0.15) is 0 Å². The Morgan fingerprint density at radius 1 is 0.952 bits per heavy atom. The van der Waals surface area contributed by atoms with E-state index >= 15 is 0 Å². The minimum atomic E-state index is 0.731. The molecule has 0 bridgehead atoms. The number of benzene rings is 2. The summed E-state index contributed by atoms with van der Waals surface area (Å²) in [5, 5.41) is 0. The highest BCUT2D eigenvalue weighted by molar-refractivity contribution is 5.81. The molecule has 0 saturated heterocycles. The van der Waals surface area contributed by atoms with Crippen molar-refractivity contribution in [1.29, 1.82) is 0 Å². The Hall–Kier alpha value is -2.88. The normalized spacial score (nSPS) is 11.1. The van der Waals surface area contributed by atoms with Crippen LogP contribution in [0.25, 0.3) is 27.9 Å². The Bertz CT molecular complexity index is 929. The molecule has 0 fully saturated rings. The molecule has 0 radical (unpaired) electrons. The summed E-state index contributed by atoms with van der Waals surface area (Å²) in [6, 6.07) is 18.0. The molecule has 4 aromatic rings. The van der Waals surface area contributed by atoms with Gasteiger partial charge in [-0.05, 0) is 12.1 Å². The third-order valence-corrected chi connectivity index (χ3v) is 3.54. The molecule has 4 heteroatoms. The highest BCUT2D eigenvalue weighted by Crippen LogP contribution is 2.32. The van der Waals surface area contributed by atoms with Gasteiger partial charge in [-0.2, -0.15) is 0 Å². The largest absolute Gasteiger partial charge is 0.480 e. The maximum absolute atomic E-state index is 5.63. The first kappa shape index (κ1) is 11.9. The van der Waals surface area contributed by atoms with Crippen LogP contribution in [-0.2, 0) is 0 Å². The molecular formula is C17H13N3O. The van der Waals surface area contributed by atoms with E-state index in [-0.39, 0.29) is 0 Å². The number of fused-ring (bicyclic) bond motifs is 3. The highest BCUT2D eigenvalue weighted by atomic mass is 16.5. The SMILES string of the molecule is COc1c(-c2ccccc2)nc2cnc3ccccc3n12. The second-order valence-electron chi connectivity index (χ2n) is 4.78. The van der Waals surface area contributed by atoms with E-state index < -0.39 is 0 Å². The molecule has 0 spiro atoms. The van der Waals surface area contributed by atoms with Crippen LogP contribution in [0, 0.1) is 0 Å². The van der Waals surface area contributed by atoms with Crippen molar-refractivity contribution >= 4 is 16.7 Å². The van der Waals surface area contributed by atoms with Gasteiger partial charge in [0, 0.05) is 5.56 Å².